The van der Waals surface area contributed by atoms with Crippen LogP contribution in [0.4, 0.5) is 0 Å². The van der Waals surface area contributed by atoms with Crippen molar-refractivity contribution in [2.45, 2.75) is 17.9 Å². The molecule has 0 aliphatic rings. The summed E-state index contributed by atoms with van der Waals surface area (Å²) in [6, 6.07) is 7.49. The second-order valence-electron chi connectivity index (χ2n) is 3.27. The molecular weight excluding hydrogens is 240 g/mol. The van der Waals surface area contributed by atoms with Crippen LogP contribution in [0.5, 0.6) is 5.75 Å². The number of carboxylic acids is 1. The van der Waals surface area contributed by atoms with Crippen LogP contribution in [0.2, 0.25) is 0 Å². The van der Waals surface area contributed by atoms with Crippen molar-refractivity contribution >= 4 is 17.7 Å². The van der Waals surface area contributed by atoms with Crippen molar-refractivity contribution < 1.29 is 19.4 Å². The number of aliphatic carboxylic acids is 1. The van der Waals surface area contributed by atoms with Crippen LogP contribution >= 0.6 is 11.8 Å². The molecule has 94 valence electrons. The quantitative estimate of drug-likeness (QED) is 0.758. The van der Waals surface area contributed by atoms with E-state index in [1.165, 1.54) is 0 Å². The molecule has 0 heterocycles. The zero-order valence-electron chi connectivity index (χ0n) is 9.88. The van der Waals surface area contributed by atoms with E-state index in [0.29, 0.717) is 12.4 Å². The Balaban J connectivity index is 2.50. The highest BCUT2D eigenvalue weighted by atomic mass is 32.2. The molecule has 0 saturated heterocycles. The molecule has 0 spiro atoms. The normalized spacial score (nSPS) is 12.1. The predicted octanol–water partition coefficient (Wildman–Crippen LogP) is 2.28. The zero-order chi connectivity index (χ0) is 12.7. The fourth-order valence-electron chi connectivity index (χ4n) is 1.24. The molecule has 0 bridgehead atoms. The maximum atomic E-state index is 10.8. The summed E-state index contributed by atoms with van der Waals surface area (Å²) < 4.78 is 10.4. The smallest absolute Gasteiger partial charge is 0.336 e. The molecule has 0 aliphatic carbocycles. The van der Waals surface area contributed by atoms with Gasteiger partial charge in [0.15, 0.2) is 6.10 Å². The molecule has 1 rings (SSSR count). The second-order valence-corrected chi connectivity index (χ2v) is 4.15. The van der Waals surface area contributed by atoms with E-state index in [9.17, 15) is 4.79 Å². The Labute approximate surface area is 105 Å². The number of benzene rings is 1. The minimum atomic E-state index is -1.01. The lowest BCUT2D eigenvalue weighted by Crippen LogP contribution is -2.30. The summed E-state index contributed by atoms with van der Waals surface area (Å²) in [6.07, 6.45) is 1.08. The lowest BCUT2D eigenvalue weighted by Gasteiger charge is -2.13. The number of thioether (sulfide) groups is 1. The van der Waals surface area contributed by atoms with Crippen molar-refractivity contribution in [3.8, 4) is 5.75 Å². The summed E-state index contributed by atoms with van der Waals surface area (Å²) in [6.45, 7) is 2.12. The van der Waals surface area contributed by atoms with Crippen molar-refractivity contribution in [1.29, 1.82) is 0 Å². The second kappa shape index (κ2) is 7.19. The molecule has 4 nitrogen and oxygen atoms in total. The maximum Gasteiger partial charge on any atom is 0.336 e. The summed E-state index contributed by atoms with van der Waals surface area (Å²) >= 11 is 1.64. The van der Waals surface area contributed by atoms with Crippen LogP contribution in [0.15, 0.2) is 29.2 Å². The van der Waals surface area contributed by atoms with Gasteiger partial charge >= 0.3 is 5.97 Å². The van der Waals surface area contributed by atoms with Crippen LogP contribution in [-0.4, -0.2) is 36.6 Å². The number of ether oxygens (including phenoxy) is 2. The average Bonchev–Trinajstić information content (AvgIpc) is 2.34. The molecule has 5 heteroatoms. The van der Waals surface area contributed by atoms with Gasteiger partial charge < -0.3 is 14.6 Å². The van der Waals surface area contributed by atoms with E-state index in [0.717, 1.165) is 4.90 Å². The van der Waals surface area contributed by atoms with E-state index < -0.39 is 12.1 Å². The van der Waals surface area contributed by atoms with Gasteiger partial charge in [0, 0.05) is 11.5 Å². The van der Waals surface area contributed by atoms with E-state index >= 15 is 0 Å². The Morgan fingerprint density at radius 3 is 2.53 bits per heavy atom. The van der Waals surface area contributed by atoms with Crippen LogP contribution in [0, 0.1) is 0 Å². The molecule has 0 fully saturated rings. The van der Waals surface area contributed by atoms with Gasteiger partial charge in [-0.15, -0.1) is 11.8 Å². The Hall–Kier alpha value is -1.20. The SMILES string of the molecule is CCOC(COc1ccc(SC)cc1)C(=O)O. The van der Waals surface area contributed by atoms with Crippen LogP contribution < -0.4 is 4.74 Å². The van der Waals surface area contributed by atoms with Gasteiger partial charge in [-0.25, -0.2) is 4.79 Å². The Kier molecular flexibility index (Phi) is 5.86. The van der Waals surface area contributed by atoms with Crippen molar-refractivity contribution in [2.75, 3.05) is 19.5 Å². The number of hydrogen-bond donors (Lipinski definition) is 1. The van der Waals surface area contributed by atoms with Crippen LogP contribution in [0.25, 0.3) is 0 Å². The third kappa shape index (κ3) is 4.66. The molecule has 1 aromatic carbocycles. The minimum Gasteiger partial charge on any atom is -0.490 e. The lowest BCUT2D eigenvalue weighted by atomic mass is 10.3. The first-order valence-corrected chi connectivity index (χ1v) is 6.51. The molecule has 1 aromatic rings. The Bertz CT molecular complexity index is 350. The third-order valence-corrected chi connectivity index (χ3v) is 2.85. The molecule has 0 saturated carbocycles. The largest absolute Gasteiger partial charge is 0.490 e. The topological polar surface area (TPSA) is 55.8 Å². The first-order valence-electron chi connectivity index (χ1n) is 5.28. The van der Waals surface area contributed by atoms with Gasteiger partial charge in [0.25, 0.3) is 0 Å². The molecule has 0 aromatic heterocycles. The average molecular weight is 256 g/mol. The number of carboxylic acid groups (broad SMARTS) is 1. The van der Waals surface area contributed by atoms with Crippen molar-refractivity contribution in [3.05, 3.63) is 24.3 Å². The molecule has 1 unspecified atom stereocenters. The molecule has 17 heavy (non-hydrogen) atoms. The van der Waals surface area contributed by atoms with Crippen LogP contribution in [0.3, 0.4) is 0 Å². The van der Waals surface area contributed by atoms with E-state index in [-0.39, 0.29) is 6.61 Å². The number of rotatable bonds is 7. The van der Waals surface area contributed by atoms with Gasteiger partial charge in [0.2, 0.25) is 0 Å². The van der Waals surface area contributed by atoms with E-state index in [4.69, 9.17) is 14.6 Å². The van der Waals surface area contributed by atoms with Crippen LogP contribution in [-0.2, 0) is 9.53 Å². The lowest BCUT2D eigenvalue weighted by molar-refractivity contribution is -0.152. The fourth-order valence-corrected chi connectivity index (χ4v) is 1.64. The van der Waals surface area contributed by atoms with Crippen molar-refractivity contribution in [3.63, 3.8) is 0 Å². The highest BCUT2D eigenvalue weighted by molar-refractivity contribution is 7.98. The van der Waals surface area contributed by atoms with E-state index in [2.05, 4.69) is 0 Å². The number of hydrogen-bond acceptors (Lipinski definition) is 4. The van der Waals surface area contributed by atoms with Gasteiger partial charge in [0.1, 0.15) is 12.4 Å². The van der Waals surface area contributed by atoms with Crippen molar-refractivity contribution in [1.82, 2.24) is 0 Å². The first kappa shape index (κ1) is 13.9. The standard InChI is InChI=1S/C12H16O4S/c1-3-15-11(12(13)14)8-16-9-4-6-10(17-2)7-5-9/h4-7,11H,3,8H2,1-2H3,(H,13,14). The molecule has 1 N–H and O–H groups in total. The van der Waals surface area contributed by atoms with E-state index in [1.807, 2.05) is 30.5 Å². The van der Waals surface area contributed by atoms with Crippen LogP contribution in [0.1, 0.15) is 6.92 Å². The summed E-state index contributed by atoms with van der Waals surface area (Å²) in [5.74, 6) is -0.360. The van der Waals surface area contributed by atoms with Gasteiger partial charge in [-0.1, -0.05) is 0 Å². The Morgan fingerprint density at radius 1 is 1.41 bits per heavy atom. The molecule has 0 aliphatic heterocycles. The summed E-state index contributed by atoms with van der Waals surface area (Å²) in [7, 11) is 0. The zero-order valence-corrected chi connectivity index (χ0v) is 10.7. The van der Waals surface area contributed by atoms with Gasteiger partial charge in [-0.3, -0.25) is 0 Å². The highest BCUT2D eigenvalue weighted by Crippen LogP contribution is 2.19. The molecule has 0 radical (unpaired) electrons. The van der Waals surface area contributed by atoms with Gasteiger partial charge in [0.05, 0.1) is 0 Å². The summed E-state index contributed by atoms with van der Waals surface area (Å²) in [5, 5.41) is 8.86. The third-order valence-electron chi connectivity index (χ3n) is 2.10. The minimum absolute atomic E-state index is 0.0157. The Morgan fingerprint density at radius 2 is 2.06 bits per heavy atom. The molecule has 1 atom stereocenters. The van der Waals surface area contributed by atoms with Crippen molar-refractivity contribution in [2.24, 2.45) is 0 Å². The number of carbonyl (C=O) groups is 1. The fraction of sp³-hybridized carbons (Fsp3) is 0.417. The monoisotopic (exact) mass is 256 g/mol. The molecule has 0 amide bonds. The predicted molar refractivity (Wildman–Crippen MR) is 66.8 cm³/mol. The summed E-state index contributed by atoms with van der Waals surface area (Å²) in [5.41, 5.74) is 0. The highest BCUT2D eigenvalue weighted by Gasteiger charge is 2.18. The molecular formula is C12H16O4S. The van der Waals surface area contributed by atoms with Gasteiger partial charge in [-0.2, -0.15) is 0 Å². The maximum absolute atomic E-state index is 10.8. The first-order chi connectivity index (χ1) is 8.17. The summed E-state index contributed by atoms with van der Waals surface area (Å²) in [4.78, 5) is 11.9. The van der Waals surface area contributed by atoms with E-state index in [1.54, 1.807) is 18.7 Å². The van der Waals surface area contributed by atoms with Gasteiger partial charge in [-0.05, 0) is 37.4 Å².